The van der Waals surface area contributed by atoms with Gasteiger partial charge in [-0.3, -0.25) is 4.79 Å². The van der Waals surface area contributed by atoms with E-state index in [4.69, 9.17) is 5.73 Å². The van der Waals surface area contributed by atoms with Crippen LogP contribution in [0.15, 0.2) is 12.3 Å². The average Bonchev–Trinajstić information content (AvgIpc) is 2.50. The number of amides is 1. The first kappa shape index (κ1) is 13.9. The van der Waals surface area contributed by atoms with Crippen LogP contribution in [-0.2, 0) is 11.3 Å². The van der Waals surface area contributed by atoms with Crippen LogP contribution in [0.25, 0.3) is 0 Å². The largest absolute Gasteiger partial charge is 0.327 e. The molecule has 86 valence electrons. The van der Waals surface area contributed by atoms with Gasteiger partial charge in [0.25, 0.3) is 0 Å². The number of carbonyl (C=O) groups excluding carboxylic acids is 1. The third kappa shape index (κ3) is 4.31. The molecule has 1 rings (SSSR count). The normalized spacial score (nSPS) is 11.7. The summed E-state index contributed by atoms with van der Waals surface area (Å²) in [5.41, 5.74) is 5.51. The maximum atomic E-state index is 11.4. The van der Waals surface area contributed by atoms with Crippen molar-refractivity contribution < 1.29 is 4.79 Å². The average molecular weight is 233 g/mol. The van der Waals surface area contributed by atoms with Crippen molar-refractivity contribution in [2.24, 2.45) is 5.73 Å². The Morgan fingerprint density at radius 1 is 1.73 bits per heavy atom. The first-order valence-corrected chi connectivity index (χ1v) is 4.70. The minimum Gasteiger partial charge on any atom is -0.327 e. The summed E-state index contributed by atoms with van der Waals surface area (Å²) >= 11 is 0. The number of hydrogen-bond donors (Lipinski definition) is 2. The third-order valence-electron chi connectivity index (χ3n) is 1.79. The molecule has 1 aromatic rings. The second kappa shape index (κ2) is 6.42. The molecule has 1 aromatic heterocycles. The highest BCUT2D eigenvalue weighted by atomic mass is 35.5. The monoisotopic (exact) mass is 232 g/mol. The number of halogens is 1. The molecule has 5 nitrogen and oxygen atoms in total. The first-order valence-electron chi connectivity index (χ1n) is 4.70. The van der Waals surface area contributed by atoms with Gasteiger partial charge in [0, 0.05) is 25.1 Å². The molecule has 15 heavy (non-hydrogen) atoms. The summed E-state index contributed by atoms with van der Waals surface area (Å²) < 4.78 is 1.72. The lowest BCUT2D eigenvalue weighted by atomic mass is 10.2. The molecule has 0 fully saturated rings. The van der Waals surface area contributed by atoms with Crippen LogP contribution >= 0.6 is 12.4 Å². The van der Waals surface area contributed by atoms with Gasteiger partial charge in [0.2, 0.25) is 5.91 Å². The molecule has 3 N–H and O–H groups in total. The Morgan fingerprint density at radius 2 is 2.40 bits per heavy atom. The molecule has 0 saturated carbocycles. The number of rotatable bonds is 4. The summed E-state index contributed by atoms with van der Waals surface area (Å²) in [7, 11) is 0. The lowest BCUT2D eigenvalue weighted by Gasteiger charge is -2.08. The number of nitrogens with two attached hydrogens (primary N) is 1. The highest BCUT2D eigenvalue weighted by Gasteiger charge is 2.07. The van der Waals surface area contributed by atoms with Crippen molar-refractivity contribution >= 4 is 24.1 Å². The molecule has 1 amide bonds. The Balaban J connectivity index is 0.00000196. The minimum absolute atomic E-state index is 0. The van der Waals surface area contributed by atoms with Crippen LogP contribution in [-0.4, -0.2) is 21.7 Å². The number of anilines is 1. The quantitative estimate of drug-likeness (QED) is 0.814. The molecule has 0 aliphatic carbocycles. The Labute approximate surface area is 95.4 Å². The van der Waals surface area contributed by atoms with Gasteiger partial charge in [-0.05, 0) is 13.8 Å². The van der Waals surface area contributed by atoms with Crippen LogP contribution in [0, 0.1) is 0 Å². The molecule has 0 aromatic carbocycles. The molecular formula is C9H17ClN4O. The second-order valence-corrected chi connectivity index (χ2v) is 3.26. The molecular weight excluding hydrogens is 216 g/mol. The molecule has 1 unspecified atom stereocenters. The van der Waals surface area contributed by atoms with E-state index < -0.39 is 0 Å². The van der Waals surface area contributed by atoms with Gasteiger partial charge in [-0.1, -0.05) is 0 Å². The van der Waals surface area contributed by atoms with Gasteiger partial charge in [0.15, 0.2) is 0 Å². The zero-order valence-electron chi connectivity index (χ0n) is 8.93. The summed E-state index contributed by atoms with van der Waals surface area (Å²) in [4.78, 5) is 11.4. The van der Waals surface area contributed by atoms with E-state index >= 15 is 0 Å². The predicted octanol–water partition coefficient (Wildman–Crippen LogP) is 1.00. The zero-order valence-corrected chi connectivity index (χ0v) is 9.75. The summed E-state index contributed by atoms with van der Waals surface area (Å²) in [6.45, 7) is 4.51. The van der Waals surface area contributed by atoms with E-state index in [0.29, 0.717) is 6.42 Å². The number of aromatic nitrogens is 2. The van der Waals surface area contributed by atoms with Crippen molar-refractivity contribution in [1.29, 1.82) is 0 Å². The van der Waals surface area contributed by atoms with Crippen LogP contribution in [0.1, 0.15) is 20.3 Å². The summed E-state index contributed by atoms with van der Waals surface area (Å²) in [5, 5.41) is 6.79. The van der Waals surface area contributed by atoms with Crippen molar-refractivity contribution in [3.05, 3.63) is 12.3 Å². The van der Waals surface area contributed by atoms with E-state index in [0.717, 1.165) is 12.4 Å². The van der Waals surface area contributed by atoms with Crippen LogP contribution in [0.5, 0.6) is 0 Å². The van der Waals surface area contributed by atoms with Gasteiger partial charge < -0.3 is 11.1 Å². The van der Waals surface area contributed by atoms with E-state index in [2.05, 4.69) is 10.4 Å². The lowest BCUT2D eigenvalue weighted by Crippen LogP contribution is -2.24. The van der Waals surface area contributed by atoms with E-state index in [1.165, 1.54) is 0 Å². The van der Waals surface area contributed by atoms with Crippen LogP contribution in [0.4, 0.5) is 5.82 Å². The number of nitrogens with one attached hydrogen (secondary N) is 1. The van der Waals surface area contributed by atoms with Gasteiger partial charge >= 0.3 is 0 Å². The smallest absolute Gasteiger partial charge is 0.227 e. The second-order valence-electron chi connectivity index (χ2n) is 3.26. The van der Waals surface area contributed by atoms with Gasteiger partial charge in [0.05, 0.1) is 6.20 Å². The van der Waals surface area contributed by atoms with Crippen molar-refractivity contribution in [3.8, 4) is 0 Å². The maximum absolute atomic E-state index is 11.4. The highest BCUT2D eigenvalue weighted by Crippen LogP contribution is 2.06. The van der Waals surface area contributed by atoms with E-state index in [-0.39, 0.29) is 24.4 Å². The Bertz CT molecular complexity index is 311. The Kier molecular flexibility index (Phi) is 5.96. The van der Waals surface area contributed by atoms with Gasteiger partial charge in [-0.2, -0.15) is 5.10 Å². The maximum Gasteiger partial charge on any atom is 0.227 e. The molecule has 0 aliphatic heterocycles. The van der Waals surface area contributed by atoms with Gasteiger partial charge in [-0.15, -0.1) is 12.4 Å². The number of hydrogen-bond acceptors (Lipinski definition) is 3. The molecule has 6 heteroatoms. The SMILES string of the molecule is CCn1nccc1NC(=O)CC(C)N.Cl. The van der Waals surface area contributed by atoms with Crippen LogP contribution in [0.2, 0.25) is 0 Å². The molecule has 0 saturated heterocycles. The van der Waals surface area contributed by atoms with E-state index in [9.17, 15) is 4.79 Å². The zero-order chi connectivity index (χ0) is 10.6. The van der Waals surface area contributed by atoms with Crippen molar-refractivity contribution in [2.45, 2.75) is 32.9 Å². The van der Waals surface area contributed by atoms with Gasteiger partial charge in [-0.25, -0.2) is 4.68 Å². The lowest BCUT2D eigenvalue weighted by molar-refractivity contribution is -0.116. The van der Waals surface area contributed by atoms with Crippen molar-refractivity contribution in [3.63, 3.8) is 0 Å². The summed E-state index contributed by atoms with van der Waals surface area (Å²) in [5.74, 6) is 0.647. The third-order valence-corrected chi connectivity index (χ3v) is 1.79. The van der Waals surface area contributed by atoms with Crippen molar-refractivity contribution in [1.82, 2.24) is 9.78 Å². The van der Waals surface area contributed by atoms with E-state index in [1.54, 1.807) is 23.9 Å². The standard InChI is InChI=1S/C9H16N4O.ClH/c1-3-13-8(4-5-11-13)12-9(14)6-7(2)10;/h4-5,7H,3,6,10H2,1-2H3,(H,12,14);1H. The molecule has 0 aliphatic rings. The summed E-state index contributed by atoms with van der Waals surface area (Å²) in [6, 6.07) is 1.65. The molecule has 1 heterocycles. The molecule has 0 spiro atoms. The minimum atomic E-state index is -0.118. The first-order chi connectivity index (χ1) is 6.63. The molecule has 1 atom stereocenters. The molecule has 0 bridgehead atoms. The topological polar surface area (TPSA) is 72.9 Å². The number of carbonyl (C=O) groups is 1. The number of aryl methyl sites for hydroxylation is 1. The van der Waals surface area contributed by atoms with E-state index in [1.807, 2.05) is 6.92 Å². The fraction of sp³-hybridized carbons (Fsp3) is 0.556. The van der Waals surface area contributed by atoms with Crippen molar-refractivity contribution in [2.75, 3.05) is 5.32 Å². The predicted molar refractivity (Wildman–Crippen MR) is 62.0 cm³/mol. The highest BCUT2D eigenvalue weighted by molar-refractivity contribution is 5.90. The fourth-order valence-corrected chi connectivity index (χ4v) is 1.18. The molecule has 0 radical (unpaired) electrons. The Morgan fingerprint density at radius 3 is 2.93 bits per heavy atom. The Hall–Kier alpha value is -1.07. The van der Waals surface area contributed by atoms with Gasteiger partial charge in [0.1, 0.15) is 5.82 Å². The fourth-order valence-electron chi connectivity index (χ4n) is 1.18. The van der Waals surface area contributed by atoms with Crippen LogP contribution < -0.4 is 11.1 Å². The van der Waals surface area contributed by atoms with Crippen LogP contribution in [0.3, 0.4) is 0 Å². The number of nitrogens with zero attached hydrogens (tertiary/aromatic N) is 2. The summed E-state index contributed by atoms with van der Waals surface area (Å²) in [6.07, 6.45) is 1.99.